The number of hydrogen-bond donors (Lipinski definition) is 1. The van der Waals surface area contributed by atoms with Crippen LogP contribution in [0.5, 0.6) is 0 Å². The molecule has 1 N–H and O–H groups in total. The van der Waals surface area contributed by atoms with Crippen molar-refractivity contribution in [3.63, 3.8) is 0 Å². The van der Waals surface area contributed by atoms with Crippen molar-refractivity contribution in [3.05, 3.63) is 47.5 Å². The van der Waals surface area contributed by atoms with Crippen molar-refractivity contribution in [1.29, 1.82) is 0 Å². The van der Waals surface area contributed by atoms with Gasteiger partial charge >= 0.3 is 0 Å². The largest absolute Gasteiger partial charge is 0.379 e. The van der Waals surface area contributed by atoms with Crippen LogP contribution in [0, 0.1) is 5.92 Å². The maximum Gasteiger partial charge on any atom is 0.278 e. The Morgan fingerprint density at radius 2 is 2.18 bits per heavy atom. The predicted molar refractivity (Wildman–Crippen MR) is 87.4 cm³/mol. The lowest BCUT2D eigenvalue weighted by Gasteiger charge is -2.37. The maximum absolute atomic E-state index is 12.9. The fraction of sp³-hybridized carbons (Fsp3) is 0.312. The third-order valence-electron chi connectivity index (χ3n) is 3.84. The summed E-state index contributed by atoms with van der Waals surface area (Å²) in [5.74, 6) is 0.191. The molecule has 1 unspecified atom stereocenters. The number of hydrogen-bond acceptors (Lipinski definition) is 4. The normalized spacial score (nSPS) is 17.1. The van der Waals surface area contributed by atoms with Crippen LogP contribution in [0.15, 0.2) is 36.8 Å². The van der Waals surface area contributed by atoms with Gasteiger partial charge in [0.1, 0.15) is 6.33 Å². The van der Waals surface area contributed by atoms with E-state index >= 15 is 0 Å². The van der Waals surface area contributed by atoms with E-state index in [0.29, 0.717) is 12.5 Å². The third kappa shape index (κ3) is 2.64. The summed E-state index contributed by atoms with van der Waals surface area (Å²) in [5.41, 5.74) is 2.03. The number of aromatic nitrogens is 2. The molecule has 1 atom stereocenters. The minimum absolute atomic E-state index is 0.180. The Hall–Kier alpha value is -2.14. The van der Waals surface area contributed by atoms with Crippen molar-refractivity contribution >= 4 is 28.9 Å². The van der Waals surface area contributed by atoms with Crippen LogP contribution in [0.4, 0.5) is 11.4 Å². The summed E-state index contributed by atoms with van der Waals surface area (Å²) in [6.45, 7) is 4.84. The molecule has 0 bridgehead atoms. The van der Waals surface area contributed by atoms with E-state index in [-0.39, 0.29) is 22.7 Å². The van der Waals surface area contributed by atoms with Gasteiger partial charge in [-0.2, -0.15) is 0 Å². The third-order valence-corrected chi connectivity index (χ3v) is 4.11. The lowest BCUT2D eigenvalue weighted by Crippen LogP contribution is -2.47. The molecule has 0 radical (unpaired) electrons. The number of benzene rings is 1. The van der Waals surface area contributed by atoms with E-state index in [2.05, 4.69) is 29.1 Å². The molecule has 3 rings (SSSR count). The zero-order chi connectivity index (χ0) is 15.7. The Balaban J connectivity index is 2.02. The molecule has 5 nitrogen and oxygen atoms in total. The van der Waals surface area contributed by atoms with Crippen LogP contribution in [0.1, 0.15) is 24.3 Å². The first kappa shape index (κ1) is 14.8. The van der Waals surface area contributed by atoms with E-state index in [0.717, 1.165) is 11.4 Å². The Morgan fingerprint density at radius 1 is 1.41 bits per heavy atom. The standard InChI is InChI=1S/C16H17ClN4O/c1-10(2)13-8-21(14-6-4-3-5-12(14)20-13)16(22)15-11(17)7-18-9-19-15/h3-7,9-10,13,20H,8H2,1-2H3. The van der Waals surface area contributed by atoms with Crippen molar-refractivity contribution in [2.75, 3.05) is 16.8 Å². The molecule has 2 aromatic rings. The highest BCUT2D eigenvalue weighted by molar-refractivity contribution is 6.34. The van der Waals surface area contributed by atoms with Crippen molar-refractivity contribution in [3.8, 4) is 0 Å². The molecule has 114 valence electrons. The van der Waals surface area contributed by atoms with E-state index in [4.69, 9.17) is 11.6 Å². The van der Waals surface area contributed by atoms with E-state index in [1.807, 2.05) is 24.3 Å². The summed E-state index contributed by atoms with van der Waals surface area (Å²) in [6.07, 6.45) is 2.78. The van der Waals surface area contributed by atoms with Gasteiger partial charge in [0.25, 0.3) is 5.91 Å². The van der Waals surface area contributed by atoms with Crippen molar-refractivity contribution in [1.82, 2.24) is 9.97 Å². The molecular formula is C16H17ClN4O. The van der Waals surface area contributed by atoms with E-state index in [1.165, 1.54) is 12.5 Å². The van der Waals surface area contributed by atoms with Crippen molar-refractivity contribution < 1.29 is 4.79 Å². The minimum Gasteiger partial charge on any atom is -0.379 e. The van der Waals surface area contributed by atoms with Gasteiger partial charge in [0.2, 0.25) is 0 Å². The van der Waals surface area contributed by atoms with Crippen LogP contribution in [0.2, 0.25) is 5.02 Å². The second kappa shape index (κ2) is 5.93. The van der Waals surface area contributed by atoms with Gasteiger partial charge in [0.05, 0.1) is 16.4 Å². The molecule has 0 saturated heterocycles. The molecule has 1 aromatic carbocycles. The first-order valence-corrected chi connectivity index (χ1v) is 7.58. The lowest BCUT2D eigenvalue weighted by atomic mass is 9.99. The lowest BCUT2D eigenvalue weighted by molar-refractivity contribution is 0.0979. The smallest absolute Gasteiger partial charge is 0.278 e. The molecule has 0 saturated carbocycles. The molecule has 2 heterocycles. The zero-order valence-electron chi connectivity index (χ0n) is 12.5. The number of carbonyl (C=O) groups is 1. The number of para-hydroxylation sites is 2. The van der Waals surface area contributed by atoms with Gasteiger partial charge in [0, 0.05) is 18.8 Å². The number of nitrogens with zero attached hydrogens (tertiary/aromatic N) is 3. The van der Waals surface area contributed by atoms with Gasteiger partial charge in [-0.05, 0) is 18.1 Å². The summed E-state index contributed by atoms with van der Waals surface area (Å²) >= 11 is 6.08. The molecule has 6 heteroatoms. The first-order valence-electron chi connectivity index (χ1n) is 7.21. The number of anilines is 2. The van der Waals surface area contributed by atoms with Crippen LogP contribution < -0.4 is 10.2 Å². The minimum atomic E-state index is -0.202. The molecule has 1 amide bonds. The fourth-order valence-corrected chi connectivity index (χ4v) is 2.73. The zero-order valence-corrected chi connectivity index (χ0v) is 13.2. The Kier molecular flexibility index (Phi) is 3.98. The molecule has 0 aliphatic carbocycles. The quantitative estimate of drug-likeness (QED) is 0.924. The number of halogens is 1. The summed E-state index contributed by atoms with van der Waals surface area (Å²) in [4.78, 5) is 22.5. The summed E-state index contributed by atoms with van der Waals surface area (Å²) < 4.78 is 0. The Bertz CT molecular complexity index is 704. The van der Waals surface area contributed by atoms with E-state index in [1.54, 1.807) is 4.90 Å². The molecule has 22 heavy (non-hydrogen) atoms. The number of fused-ring (bicyclic) bond motifs is 1. The van der Waals surface area contributed by atoms with Gasteiger partial charge in [-0.3, -0.25) is 4.79 Å². The number of carbonyl (C=O) groups excluding carboxylic acids is 1. The molecular weight excluding hydrogens is 300 g/mol. The topological polar surface area (TPSA) is 58.1 Å². The van der Waals surface area contributed by atoms with Crippen LogP contribution in [0.25, 0.3) is 0 Å². The summed E-state index contributed by atoms with van der Waals surface area (Å²) in [7, 11) is 0. The van der Waals surface area contributed by atoms with Gasteiger partial charge in [0.15, 0.2) is 5.69 Å². The van der Waals surface area contributed by atoms with Crippen LogP contribution in [-0.2, 0) is 0 Å². The fourth-order valence-electron chi connectivity index (χ4n) is 2.54. The van der Waals surface area contributed by atoms with Crippen LogP contribution in [-0.4, -0.2) is 28.5 Å². The second-order valence-corrected chi connectivity index (χ2v) is 6.05. The molecule has 0 fully saturated rings. The highest BCUT2D eigenvalue weighted by Gasteiger charge is 2.31. The van der Waals surface area contributed by atoms with Gasteiger partial charge in [-0.15, -0.1) is 0 Å². The average molecular weight is 317 g/mol. The Labute approximate surface area is 134 Å². The van der Waals surface area contributed by atoms with Crippen molar-refractivity contribution in [2.24, 2.45) is 5.92 Å². The van der Waals surface area contributed by atoms with Gasteiger partial charge < -0.3 is 10.2 Å². The summed E-state index contributed by atoms with van der Waals surface area (Å²) in [5, 5.41) is 3.76. The van der Waals surface area contributed by atoms with Crippen LogP contribution >= 0.6 is 11.6 Å². The van der Waals surface area contributed by atoms with E-state index < -0.39 is 0 Å². The highest BCUT2D eigenvalue weighted by Crippen LogP contribution is 2.33. The molecule has 1 aromatic heterocycles. The number of rotatable bonds is 2. The number of nitrogens with one attached hydrogen (secondary N) is 1. The highest BCUT2D eigenvalue weighted by atomic mass is 35.5. The molecule has 0 spiro atoms. The summed E-state index contributed by atoms with van der Waals surface area (Å²) in [6, 6.07) is 7.95. The monoisotopic (exact) mass is 316 g/mol. The van der Waals surface area contributed by atoms with Gasteiger partial charge in [-0.25, -0.2) is 9.97 Å². The SMILES string of the molecule is CC(C)C1CN(C(=O)c2ncncc2Cl)c2ccccc2N1. The van der Waals surface area contributed by atoms with Crippen LogP contribution in [0.3, 0.4) is 0 Å². The predicted octanol–water partition coefficient (Wildman–Crippen LogP) is 3.23. The molecule has 1 aliphatic heterocycles. The number of amides is 1. The first-order chi connectivity index (χ1) is 10.6. The second-order valence-electron chi connectivity index (χ2n) is 5.65. The van der Waals surface area contributed by atoms with Gasteiger partial charge in [-0.1, -0.05) is 37.6 Å². The van der Waals surface area contributed by atoms with Crippen molar-refractivity contribution in [2.45, 2.75) is 19.9 Å². The van der Waals surface area contributed by atoms with E-state index in [9.17, 15) is 4.79 Å². The average Bonchev–Trinajstić information content (AvgIpc) is 2.53. The Morgan fingerprint density at radius 3 is 2.91 bits per heavy atom. The maximum atomic E-state index is 12.9. The molecule has 1 aliphatic rings.